The van der Waals surface area contributed by atoms with E-state index in [0.717, 1.165) is 31.6 Å². The molecular weight excluding hydrogens is 398 g/mol. The van der Waals surface area contributed by atoms with Crippen LogP contribution in [-0.4, -0.2) is 51.9 Å². The highest BCUT2D eigenvalue weighted by molar-refractivity contribution is 7.92. The van der Waals surface area contributed by atoms with E-state index < -0.39 is 10.0 Å². The van der Waals surface area contributed by atoms with Gasteiger partial charge in [0.05, 0.1) is 10.6 Å². The van der Waals surface area contributed by atoms with E-state index >= 15 is 0 Å². The summed E-state index contributed by atoms with van der Waals surface area (Å²) in [5, 5.41) is 2.89. The lowest BCUT2D eigenvalue weighted by molar-refractivity contribution is -0.119. The number of hydrogen-bond acceptors (Lipinski definition) is 4. The van der Waals surface area contributed by atoms with E-state index in [2.05, 4.69) is 10.2 Å². The summed E-state index contributed by atoms with van der Waals surface area (Å²) in [5.74, 6) is -0.295. The first-order valence-electron chi connectivity index (χ1n) is 10.6. The molecule has 6 nitrogen and oxygen atoms in total. The van der Waals surface area contributed by atoms with Crippen LogP contribution in [0.2, 0.25) is 0 Å². The number of benzene rings is 2. The second-order valence-electron chi connectivity index (χ2n) is 7.72. The van der Waals surface area contributed by atoms with Crippen LogP contribution in [0.3, 0.4) is 0 Å². The Morgan fingerprint density at radius 1 is 1.00 bits per heavy atom. The number of para-hydroxylation sites is 1. The van der Waals surface area contributed by atoms with Gasteiger partial charge in [-0.3, -0.25) is 9.10 Å². The van der Waals surface area contributed by atoms with E-state index in [1.807, 2.05) is 19.1 Å². The highest BCUT2D eigenvalue weighted by Gasteiger charge is 2.27. The number of anilines is 1. The minimum Gasteiger partial charge on any atom is -0.354 e. The summed E-state index contributed by atoms with van der Waals surface area (Å²) in [4.78, 5) is 15.2. The Labute approximate surface area is 179 Å². The quantitative estimate of drug-likeness (QED) is 0.622. The fourth-order valence-corrected chi connectivity index (χ4v) is 5.27. The molecule has 1 aliphatic rings. The molecule has 1 heterocycles. The third-order valence-corrected chi connectivity index (χ3v) is 7.20. The Hall–Kier alpha value is -2.38. The number of nitrogens with zero attached hydrogens (tertiary/aromatic N) is 2. The molecule has 1 saturated heterocycles. The summed E-state index contributed by atoms with van der Waals surface area (Å²) in [7, 11) is -3.86. The van der Waals surface area contributed by atoms with Crippen molar-refractivity contribution in [2.75, 3.05) is 37.0 Å². The number of likely N-dealkylation sites (tertiary alicyclic amines) is 1. The molecule has 0 aromatic heterocycles. The second kappa shape index (κ2) is 10.6. The minimum absolute atomic E-state index is 0.172. The normalized spacial score (nSPS) is 15.0. The zero-order valence-electron chi connectivity index (χ0n) is 17.6. The standard InChI is InChI=1S/C23H31N3O3S/c1-20-11-6-7-14-22(20)26(30(28,29)21-12-4-2-5-13-21)19-23(27)24-15-10-18-25-16-8-3-9-17-25/h2,4-7,11-14H,3,8-10,15-19H2,1H3,(H,24,27). The Morgan fingerprint density at radius 2 is 1.67 bits per heavy atom. The highest BCUT2D eigenvalue weighted by atomic mass is 32.2. The maximum absolute atomic E-state index is 13.3. The fourth-order valence-electron chi connectivity index (χ4n) is 3.76. The molecule has 2 aromatic rings. The average Bonchev–Trinajstić information content (AvgIpc) is 2.77. The van der Waals surface area contributed by atoms with Crippen LogP contribution < -0.4 is 9.62 Å². The molecule has 1 amide bonds. The molecule has 1 aliphatic heterocycles. The molecule has 2 aromatic carbocycles. The van der Waals surface area contributed by atoms with Gasteiger partial charge in [-0.15, -0.1) is 0 Å². The number of sulfonamides is 1. The fraction of sp³-hybridized carbons (Fsp3) is 0.435. The number of rotatable bonds is 9. The third-order valence-electron chi connectivity index (χ3n) is 5.42. The van der Waals surface area contributed by atoms with Crippen molar-refractivity contribution < 1.29 is 13.2 Å². The number of piperidine rings is 1. The lowest BCUT2D eigenvalue weighted by Gasteiger charge is -2.27. The van der Waals surface area contributed by atoms with Crippen molar-refractivity contribution in [2.45, 2.75) is 37.5 Å². The van der Waals surface area contributed by atoms with E-state index in [9.17, 15) is 13.2 Å². The summed E-state index contributed by atoms with van der Waals surface area (Å²) in [5.41, 5.74) is 1.32. The summed E-state index contributed by atoms with van der Waals surface area (Å²) < 4.78 is 27.8. The number of hydrogen-bond donors (Lipinski definition) is 1. The van der Waals surface area contributed by atoms with Gasteiger partial charge < -0.3 is 10.2 Å². The predicted molar refractivity (Wildman–Crippen MR) is 120 cm³/mol. The first kappa shape index (κ1) is 22.3. The van der Waals surface area contributed by atoms with E-state index in [4.69, 9.17) is 0 Å². The van der Waals surface area contributed by atoms with Gasteiger partial charge in [0.2, 0.25) is 5.91 Å². The molecule has 30 heavy (non-hydrogen) atoms. The van der Waals surface area contributed by atoms with Crippen LogP contribution in [0.1, 0.15) is 31.2 Å². The van der Waals surface area contributed by atoms with Crippen molar-refractivity contribution in [1.29, 1.82) is 0 Å². The molecule has 0 atom stereocenters. The summed E-state index contributed by atoms with van der Waals surface area (Å²) in [6.45, 7) is 5.37. The molecule has 162 valence electrons. The smallest absolute Gasteiger partial charge is 0.264 e. The molecule has 7 heteroatoms. The Bertz CT molecular complexity index is 926. The highest BCUT2D eigenvalue weighted by Crippen LogP contribution is 2.26. The second-order valence-corrected chi connectivity index (χ2v) is 9.58. The lowest BCUT2D eigenvalue weighted by atomic mass is 10.1. The van der Waals surface area contributed by atoms with Gasteiger partial charge in [-0.25, -0.2) is 8.42 Å². The number of amides is 1. The molecule has 0 saturated carbocycles. The Balaban J connectivity index is 1.67. The van der Waals surface area contributed by atoms with Gasteiger partial charge in [0.1, 0.15) is 6.54 Å². The SMILES string of the molecule is Cc1ccccc1N(CC(=O)NCCCN1CCCCC1)S(=O)(=O)c1ccccc1. The molecule has 0 aliphatic carbocycles. The summed E-state index contributed by atoms with van der Waals surface area (Å²) >= 11 is 0. The zero-order valence-corrected chi connectivity index (χ0v) is 18.4. The van der Waals surface area contributed by atoms with Crippen LogP contribution in [0.15, 0.2) is 59.5 Å². The molecular formula is C23H31N3O3S. The molecule has 0 spiro atoms. The number of carbonyl (C=O) groups excluding carboxylic acids is 1. The van der Waals surface area contributed by atoms with Gasteiger partial charge in [0.25, 0.3) is 10.0 Å². The Morgan fingerprint density at radius 3 is 2.37 bits per heavy atom. The topological polar surface area (TPSA) is 69.7 Å². The first-order chi connectivity index (χ1) is 14.5. The van der Waals surface area contributed by atoms with Crippen LogP contribution in [0, 0.1) is 6.92 Å². The van der Waals surface area contributed by atoms with Gasteiger partial charge in [0.15, 0.2) is 0 Å². The van der Waals surface area contributed by atoms with Gasteiger partial charge in [-0.1, -0.05) is 42.8 Å². The zero-order chi connectivity index (χ0) is 21.4. The third kappa shape index (κ3) is 5.83. The van der Waals surface area contributed by atoms with Crippen molar-refractivity contribution in [3.8, 4) is 0 Å². The van der Waals surface area contributed by atoms with Crippen molar-refractivity contribution in [2.24, 2.45) is 0 Å². The number of aryl methyl sites for hydroxylation is 1. The van der Waals surface area contributed by atoms with Crippen molar-refractivity contribution in [3.63, 3.8) is 0 Å². The molecule has 0 unspecified atom stereocenters. The van der Waals surface area contributed by atoms with Crippen LogP contribution in [-0.2, 0) is 14.8 Å². The maximum Gasteiger partial charge on any atom is 0.264 e. The van der Waals surface area contributed by atoms with Crippen LogP contribution in [0.25, 0.3) is 0 Å². The lowest BCUT2D eigenvalue weighted by Crippen LogP contribution is -2.42. The van der Waals surface area contributed by atoms with Crippen molar-refractivity contribution in [1.82, 2.24) is 10.2 Å². The number of nitrogens with one attached hydrogen (secondary N) is 1. The van der Waals surface area contributed by atoms with Crippen LogP contribution >= 0.6 is 0 Å². The van der Waals surface area contributed by atoms with Gasteiger partial charge in [0, 0.05) is 6.54 Å². The predicted octanol–water partition coefficient (Wildman–Crippen LogP) is 3.18. The van der Waals surface area contributed by atoms with Gasteiger partial charge in [-0.2, -0.15) is 0 Å². The summed E-state index contributed by atoms with van der Waals surface area (Å²) in [6, 6.07) is 15.5. The van der Waals surface area contributed by atoms with E-state index in [1.54, 1.807) is 42.5 Å². The van der Waals surface area contributed by atoms with Crippen molar-refractivity contribution >= 4 is 21.6 Å². The Kier molecular flexibility index (Phi) is 7.87. The monoisotopic (exact) mass is 429 g/mol. The van der Waals surface area contributed by atoms with Crippen LogP contribution in [0.5, 0.6) is 0 Å². The van der Waals surface area contributed by atoms with E-state index in [-0.39, 0.29) is 17.3 Å². The number of carbonyl (C=O) groups is 1. The van der Waals surface area contributed by atoms with E-state index in [0.29, 0.717) is 12.2 Å². The molecule has 1 fully saturated rings. The average molecular weight is 430 g/mol. The molecule has 0 radical (unpaired) electrons. The van der Waals surface area contributed by atoms with Crippen LogP contribution in [0.4, 0.5) is 5.69 Å². The van der Waals surface area contributed by atoms with Gasteiger partial charge >= 0.3 is 0 Å². The molecule has 3 rings (SSSR count). The first-order valence-corrected chi connectivity index (χ1v) is 12.0. The largest absolute Gasteiger partial charge is 0.354 e. The molecule has 0 bridgehead atoms. The van der Waals surface area contributed by atoms with Crippen molar-refractivity contribution in [3.05, 3.63) is 60.2 Å². The summed E-state index contributed by atoms with van der Waals surface area (Å²) in [6.07, 6.45) is 4.66. The maximum atomic E-state index is 13.3. The minimum atomic E-state index is -3.86. The van der Waals surface area contributed by atoms with E-state index in [1.165, 1.54) is 23.6 Å². The molecule has 1 N–H and O–H groups in total. The van der Waals surface area contributed by atoms with Gasteiger partial charge in [-0.05, 0) is 69.6 Å².